The van der Waals surface area contributed by atoms with E-state index in [0.29, 0.717) is 28.9 Å². The second kappa shape index (κ2) is 3.86. The number of hydrogen-bond acceptors (Lipinski definition) is 3. The molecule has 3 rings (SSSR count). The molecule has 1 saturated heterocycles. The van der Waals surface area contributed by atoms with Gasteiger partial charge >= 0.3 is 5.69 Å². The van der Waals surface area contributed by atoms with Gasteiger partial charge in [-0.3, -0.25) is 4.57 Å². The minimum absolute atomic E-state index is 0.143. The van der Waals surface area contributed by atoms with Crippen molar-refractivity contribution in [2.75, 3.05) is 5.75 Å². The molecule has 1 unspecified atom stereocenters. The SMILES string of the molecule is O=c1[nH]c2cc(Cl)ccc2n1C1CCCS1(=O)=O. The summed E-state index contributed by atoms with van der Waals surface area (Å²) in [5, 5.41) is -0.245. The van der Waals surface area contributed by atoms with Gasteiger partial charge < -0.3 is 4.98 Å². The number of nitrogens with one attached hydrogen (secondary N) is 1. The minimum Gasteiger partial charge on any atom is -0.305 e. The number of fused-ring (bicyclic) bond motifs is 1. The molecule has 1 aromatic heterocycles. The highest BCUT2D eigenvalue weighted by Crippen LogP contribution is 2.31. The molecule has 2 aromatic rings. The quantitative estimate of drug-likeness (QED) is 0.867. The molecule has 0 spiro atoms. The zero-order valence-corrected chi connectivity index (χ0v) is 11.0. The van der Waals surface area contributed by atoms with E-state index in [2.05, 4.69) is 4.98 Å². The Morgan fingerprint density at radius 1 is 1.39 bits per heavy atom. The van der Waals surface area contributed by atoms with Crippen LogP contribution in [0.25, 0.3) is 11.0 Å². The van der Waals surface area contributed by atoms with Crippen LogP contribution in [-0.4, -0.2) is 23.7 Å². The van der Waals surface area contributed by atoms with E-state index in [1.807, 2.05) is 0 Å². The molecule has 18 heavy (non-hydrogen) atoms. The number of rotatable bonds is 1. The van der Waals surface area contributed by atoms with E-state index in [1.54, 1.807) is 18.2 Å². The predicted molar refractivity (Wildman–Crippen MR) is 69.6 cm³/mol. The summed E-state index contributed by atoms with van der Waals surface area (Å²) in [6.45, 7) is 0. The lowest BCUT2D eigenvalue weighted by atomic mass is 10.3. The molecule has 1 N–H and O–H groups in total. The van der Waals surface area contributed by atoms with E-state index in [-0.39, 0.29) is 5.75 Å². The van der Waals surface area contributed by atoms with Crippen LogP contribution in [0.4, 0.5) is 0 Å². The predicted octanol–water partition coefficient (Wildman–Crippen LogP) is 1.69. The van der Waals surface area contributed by atoms with E-state index < -0.39 is 20.9 Å². The van der Waals surface area contributed by atoms with Crippen molar-refractivity contribution in [3.05, 3.63) is 33.7 Å². The average molecular weight is 287 g/mol. The number of H-pyrrole nitrogens is 1. The first kappa shape index (κ1) is 11.8. The number of halogens is 1. The van der Waals surface area contributed by atoms with Crippen molar-refractivity contribution in [3.63, 3.8) is 0 Å². The largest absolute Gasteiger partial charge is 0.327 e. The number of imidazole rings is 1. The summed E-state index contributed by atoms with van der Waals surface area (Å²) in [7, 11) is -3.22. The van der Waals surface area contributed by atoms with Crippen molar-refractivity contribution < 1.29 is 8.42 Å². The van der Waals surface area contributed by atoms with Gasteiger partial charge in [0.2, 0.25) is 0 Å². The normalized spacial score (nSPS) is 22.6. The summed E-state index contributed by atoms with van der Waals surface area (Å²) in [6, 6.07) is 4.94. The molecule has 1 aliphatic rings. The molecular weight excluding hydrogens is 276 g/mol. The minimum atomic E-state index is -3.22. The molecule has 0 saturated carbocycles. The van der Waals surface area contributed by atoms with Gasteiger partial charge in [0.25, 0.3) is 0 Å². The molecule has 0 bridgehead atoms. The number of aromatic amines is 1. The molecule has 5 nitrogen and oxygen atoms in total. The molecule has 1 aromatic carbocycles. The second-order valence-electron chi connectivity index (χ2n) is 4.43. The molecule has 1 atom stereocenters. The zero-order chi connectivity index (χ0) is 12.9. The summed E-state index contributed by atoms with van der Waals surface area (Å²) in [5.74, 6) is 0.143. The highest BCUT2D eigenvalue weighted by Gasteiger charge is 2.34. The zero-order valence-electron chi connectivity index (χ0n) is 9.39. The molecule has 96 valence electrons. The van der Waals surface area contributed by atoms with E-state index >= 15 is 0 Å². The maximum absolute atomic E-state index is 11.9. The van der Waals surface area contributed by atoms with E-state index in [0.717, 1.165) is 0 Å². The van der Waals surface area contributed by atoms with Crippen LogP contribution < -0.4 is 5.69 Å². The van der Waals surface area contributed by atoms with Crippen LogP contribution in [-0.2, 0) is 9.84 Å². The Kier molecular flexibility index (Phi) is 2.53. The van der Waals surface area contributed by atoms with E-state index in [4.69, 9.17) is 11.6 Å². The Bertz CT molecular complexity index is 775. The third kappa shape index (κ3) is 1.67. The van der Waals surface area contributed by atoms with Crippen LogP contribution in [0, 0.1) is 0 Å². The van der Waals surface area contributed by atoms with Crippen LogP contribution in [0.1, 0.15) is 18.2 Å². The number of nitrogens with zero attached hydrogens (tertiary/aromatic N) is 1. The lowest BCUT2D eigenvalue weighted by Crippen LogP contribution is -2.25. The molecule has 1 fully saturated rings. The molecule has 0 aliphatic carbocycles. The number of hydrogen-bond donors (Lipinski definition) is 1. The Hall–Kier alpha value is -1.27. The fourth-order valence-corrected chi connectivity index (χ4v) is 4.52. The number of aromatic nitrogens is 2. The summed E-state index contributed by atoms with van der Waals surface area (Å²) in [5.41, 5.74) is 0.747. The Morgan fingerprint density at radius 3 is 2.83 bits per heavy atom. The van der Waals surface area contributed by atoms with E-state index in [9.17, 15) is 13.2 Å². The monoisotopic (exact) mass is 286 g/mol. The van der Waals surface area contributed by atoms with Gasteiger partial charge in [-0.25, -0.2) is 13.2 Å². The summed E-state index contributed by atoms with van der Waals surface area (Å²) in [6.07, 6.45) is 1.08. The fraction of sp³-hybridized carbons (Fsp3) is 0.364. The second-order valence-corrected chi connectivity index (χ2v) is 7.14. The number of sulfone groups is 1. The first-order valence-corrected chi connectivity index (χ1v) is 7.70. The third-order valence-electron chi connectivity index (χ3n) is 3.26. The van der Waals surface area contributed by atoms with Crippen molar-refractivity contribution >= 4 is 32.5 Å². The lowest BCUT2D eigenvalue weighted by Gasteiger charge is -2.11. The molecular formula is C11H11ClN2O3S. The van der Waals surface area contributed by atoms with Crippen LogP contribution in [0.5, 0.6) is 0 Å². The summed E-state index contributed by atoms with van der Waals surface area (Å²) in [4.78, 5) is 14.6. The topological polar surface area (TPSA) is 71.9 Å². The summed E-state index contributed by atoms with van der Waals surface area (Å²) >= 11 is 5.85. The average Bonchev–Trinajstić information content (AvgIpc) is 2.76. The molecule has 1 aliphatic heterocycles. The van der Waals surface area contributed by atoms with Gasteiger partial charge in [0.1, 0.15) is 5.37 Å². The van der Waals surface area contributed by atoms with Crippen LogP contribution >= 0.6 is 11.6 Å². The fourth-order valence-electron chi connectivity index (χ4n) is 2.45. The van der Waals surface area contributed by atoms with Crippen LogP contribution in [0.2, 0.25) is 5.02 Å². The van der Waals surface area contributed by atoms with Crippen LogP contribution in [0.15, 0.2) is 23.0 Å². The highest BCUT2D eigenvalue weighted by atomic mass is 35.5. The van der Waals surface area contributed by atoms with E-state index in [1.165, 1.54) is 4.57 Å². The van der Waals surface area contributed by atoms with Gasteiger partial charge in [-0.1, -0.05) is 11.6 Å². The van der Waals surface area contributed by atoms with Gasteiger partial charge in [0, 0.05) is 5.02 Å². The third-order valence-corrected chi connectivity index (χ3v) is 5.63. The standard InChI is InChI=1S/C11H11ClN2O3S/c12-7-3-4-9-8(6-7)13-11(15)14(9)10-2-1-5-18(10,16)17/h3-4,6,10H,1-2,5H2,(H,13,15). The van der Waals surface area contributed by atoms with Crippen molar-refractivity contribution in [2.24, 2.45) is 0 Å². The highest BCUT2D eigenvalue weighted by molar-refractivity contribution is 7.91. The van der Waals surface area contributed by atoms with Crippen molar-refractivity contribution in [1.29, 1.82) is 0 Å². The summed E-state index contributed by atoms with van der Waals surface area (Å²) < 4.78 is 25.2. The first-order valence-electron chi connectivity index (χ1n) is 5.60. The molecule has 2 heterocycles. The van der Waals surface area contributed by atoms with Gasteiger partial charge in [-0.15, -0.1) is 0 Å². The molecule has 0 radical (unpaired) electrons. The Balaban J connectivity index is 2.30. The van der Waals surface area contributed by atoms with Gasteiger partial charge in [0.15, 0.2) is 9.84 Å². The smallest absolute Gasteiger partial charge is 0.305 e. The van der Waals surface area contributed by atoms with Crippen molar-refractivity contribution in [3.8, 4) is 0 Å². The van der Waals surface area contributed by atoms with Crippen molar-refractivity contribution in [1.82, 2.24) is 9.55 Å². The Morgan fingerprint density at radius 2 is 2.17 bits per heavy atom. The van der Waals surface area contributed by atoms with Gasteiger partial charge in [-0.05, 0) is 31.0 Å². The maximum Gasteiger partial charge on any atom is 0.327 e. The number of benzene rings is 1. The molecule has 0 amide bonds. The molecule has 7 heteroatoms. The first-order chi connectivity index (χ1) is 8.49. The van der Waals surface area contributed by atoms with Gasteiger partial charge in [-0.2, -0.15) is 0 Å². The lowest BCUT2D eigenvalue weighted by molar-refractivity contribution is 0.556. The maximum atomic E-state index is 11.9. The van der Waals surface area contributed by atoms with Gasteiger partial charge in [0.05, 0.1) is 16.8 Å². The van der Waals surface area contributed by atoms with Crippen LogP contribution in [0.3, 0.4) is 0 Å². The Labute approximate surface area is 108 Å². The van der Waals surface area contributed by atoms with Crippen molar-refractivity contribution in [2.45, 2.75) is 18.2 Å².